The zero-order chi connectivity index (χ0) is 14.8. The molecule has 3 heteroatoms. The third-order valence-electron chi connectivity index (χ3n) is 3.61. The van der Waals surface area contributed by atoms with Crippen molar-refractivity contribution in [2.75, 3.05) is 14.2 Å². The first-order valence-corrected chi connectivity index (χ1v) is 7.70. The Balaban J connectivity index is 2.66. The largest absolute Gasteiger partial charge is 0.493 e. The molecule has 1 N–H and O–H groups in total. The molecule has 0 saturated carbocycles. The van der Waals surface area contributed by atoms with Crippen molar-refractivity contribution in [2.45, 2.75) is 58.5 Å². The first-order chi connectivity index (χ1) is 9.76. The van der Waals surface area contributed by atoms with Crippen LogP contribution >= 0.6 is 0 Å². The minimum absolute atomic E-state index is 0.593. The van der Waals surface area contributed by atoms with Crippen molar-refractivity contribution in [3.05, 3.63) is 23.8 Å². The lowest BCUT2D eigenvalue weighted by atomic mass is 10.0. The van der Waals surface area contributed by atoms with Crippen molar-refractivity contribution in [3.8, 4) is 11.5 Å². The maximum Gasteiger partial charge on any atom is 0.165 e. The van der Waals surface area contributed by atoms with Crippen molar-refractivity contribution in [3.63, 3.8) is 0 Å². The van der Waals surface area contributed by atoms with Gasteiger partial charge in [0.1, 0.15) is 0 Å². The number of unbranched alkanes of at least 4 members (excludes halogenated alkanes) is 1. The minimum Gasteiger partial charge on any atom is -0.493 e. The fraction of sp³-hybridized carbons (Fsp3) is 0.647. The Kier molecular flexibility index (Phi) is 8.12. The Morgan fingerprint density at radius 2 is 1.85 bits per heavy atom. The summed E-state index contributed by atoms with van der Waals surface area (Å²) < 4.78 is 10.8. The molecule has 114 valence electrons. The topological polar surface area (TPSA) is 30.5 Å². The molecule has 0 aromatic heterocycles. The SMILES string of the molecule is CCCCC(CCC)NCc1cccc(OC)c1OC. The van der Waals surface area contributed by atoms with E-state index in [0.717, 1.165) is 23.6 Å². The Labute approximate surface area is 123 Å². The second-order valence-electron chi connectivity index (χ2n) is 5.16. The monoisotopic (exact) mass is 279 g/mol. The lowest BCUT2D eigenvalue weighted by Crippen LogP contribution is -2.28. The second-order valence-corrected chi connectivity index (χ2v) is 5.16. The summed E-state index contributed by atoms with van der Waals surface area (Å²) in [4.78, 5) is 0. The summed E-state index contributed by atoms with van der Waals surface area (Å²) in [6, 6.07) is 6.63. The third-order valence-corrected chi connectivity index (χ3v) is 3.61. The number of para-hydroxylation sites is 1. The van der Waals surface area contributed by atoms with Gasteiger partial charge >= 0.3 is 0 Å². The van der Waals surface area contributed by atoms with E-state index in [9.17, 15) is 0 Å². The second kappa shape index (κ2) is 9.65. The quantitative estimate of drug-likeness (QED) is 0.698. The van der Waals surface area contributed by atoms with Crippen LogP contribution in [-0.4, -0.2) is 20.3 Å². The van der Waals surface area contributed by atoms with Crippen LogP contribution in [0.4, 0.5) is 0 Å². The molecule has 0 saturated heterocycles. The Morgan fingerprint density at radius 3 is 2.45 bits per heavy atom. The number of ether oxygens (including phenoxy) is 2. The summed E-state index contributed by atoms with van der Waals surface area (Å²) in [5.74, 6) is 1.64. The highest BCUT2D eigenvalue weighted by molar-refractivity contribution is 5.46. The van der Waals surface area contributed by atoms with Gasteiger partial charge in [-0.1, -0.05) is 45.2 Å². The number of nitrogens with one attached hydrogen (secondary N) is 1. The predicted octanol–water partition coefficient (Wildman–Crippen LogP) is 4.15. The molecule has 0 amide bonds. The third kappa shape index (κ3) is 5.04. The highest BCUT2D eigenvalue weighted by atomic mass is 16.5. The smallest absolute Gasteiger partial charge is 0.165 e. The van der Waals surface area contributed by atoms with Gasteiger partial charge in [-0.05, 0) is 18.9 Å². The molecule has 0 aliphatic rings. The average molecular weight is 279 g/mol. The first kappa shape index (κ1) is 16.8. The molecule has 0 aliphatic carbocycles. The Hall–Kier alpha value is -1.22. The molecule has 0 spiro atoms. The molecule has 1 atom stereocenters. The van der Waals surface area contributed by atoms with Crippen LogP contribution in [0, 0.1) is 0 Å². The van der Waals surface area contributed by atoms with Gasteiger partial charge < -0.3 is 14.8 Å². The summed E-state index contributed by atoms with van der Waals surface area (Å²) >= 11 is 0. The van der Waals surface area contributed by atoms with E-state index in [1.54, 1.807) is 14.2 Å². The first-order valence-electron chi connectivity index (χ1n) is 7.70. The van der Waals surface area contributed by atoms with Crippen LogP contribution in [0.5, 0.6) is 11.5 Å². The van der Waals surface area contributed by atoms with Crippen molar-refractivity contribution < 1.29 is 9.47 Å². The fourth-order valence-electron chi connectivity index (χ4n) is 2.49. The molecule has 0 aliphatic heterocycles. The lowest BCUT2D eigenvalue weighted by molar-refractivity contribution is 0.348. The Bertz CT molecular complexity index is 379. The zero-order valence-corrected chi connectivity index (χ0v) is 13.4. The van der Waals surface area contributed by atoms with Crippen LogP contribution in [0.2, 0.25) is 0 Å². The van der Waals surface area contributed by atoms with E-state index in [2.05, 4.69) is 25.2 Å². The maximum absolute atomic E-state index is 5.48. The molecule has 0 heterocycles. The van der Waals surface area contributed by atoms with Gasteiger partial charge in [0.2, 0.25) is 0 Å². The number of rotatable bonds is 10. The summed E-state index contributed by atoms with van der Waals surface area (Å²) in [6.45, 7) is 5.32. The van der Waals surface area contributed by atoms with E-state index in [4.69, 9.17) is 9.47 Å². The van der Waals surface area contributed by atoms with Crippen LogP contribution in [0.3, 0.4) is 0 Å². The van der Waals surface area contributed by atoms with Gasteiger partial charge in [-0.2, -0.15) is 0 Å². The zero-order valence-electron chi connectivity index (χ0n) is 13.4. The normalized spacial score (nSPS) is 12.2. The van der Waals surface area contributed by atoms with Crippen molar-refractivity contribution >= 4 is 0 Å². The minimum atomic E-state index is 0.593. The summed E-state index contributed by atoms with van der Waals surface area (Å²) in [7, 11) is 3.37. The number of methoxy groups -OCH3 is 2. The van der Waals surface area contributed by atoms with Crippen molar-refractivity contribution in [1.29, 1.82) is 0 Å². The van der Waals surface area contributed by atoms with E-state index in [1.807, 2.05) is 12.1 Å². The molecule has 0 bridgehead atoms. The summed E-state index contributed by atoms with van der Waals surface area (Å²) in [6.07, 6.45) is 6.23. The van der Waals surface area contributed by atoms with Gasteiger partial charge in [0, 0.05) is 18.2 Å². The summed E-state index contributed by atoms with van der Waals surface area (Å²) in [5.41, 5.74) is 1.16. The van der Waals surface area contributed by atoms with Crippen molar-refractivity contribution in [2.24, 2.45) is 0 Å². The molecule has 0 fully saturated rings. The van der Waals surface area contributed by atoms with Gasteiger partial charge in [0.25, 0.3) is 0 Å². The molecule has 1 aromatic carbocycles. The lowest BCUT2D eigenvalue weighted by Gasteiger charge is -2.19. The number of hydrogen-bond acceptors (Lipinski definition) is 3. The van der Waals surface area contributed by atoms with E-state index in [1.165, 1.54) is 32.1 Å². The molecule has 1 aromatic rings. The molecular weight excluding hydrogens is 250 g/mol. The van der Waals surface area contributed by atoms with Crippen LogP contribution in [0.15, 0.2) is 18.2 Å². The number of benzene rings is 1. The van der Waals surface area contributed by atoms with Gasteiger partial charge in [-0.25, -0.2) is 0 Å². The molecule has 1 rings (SSSR count). The summed E-state index contributed by atoms with van der Waals surface area (Å²) in [5, 5.41) is 3.66. The van der Waals surface area contributed by atoms with Crippen molar-refractivity contribution in [1.82, 2.24) is 5.32 Å². The van der Waals surface area contributed by atoms with E-state index in [-0.39, 0.29) is 0 Å². The van der Waals surface area contributed by atoms with Gasteiger partial charge in [0.15, 0.2) is 11.5 Å². The molecular formula is C17H29NO2. The highest BCUT2D eigenvalue weighted by Gasteiger charge is 2.11. The number of hydrogen-bond donors (Lipinski definition) is 1. The van der Waals surface area contributed by atoms with Crippen LogP contribution in [-0.2, 0) is 6.54 Å². The average Bonchev–Trinajstić information content (AvgIpc) is 2.49. The Morgan fingerprint density at radius 1 is 1.05 bits per heavy atom. The standard InChI is InChI=1S/C17H29NO2/c1-5-7-11-15(9-6-2)18-13-14-10-8-12-16(19-3)17(14)20-4/h8,10,12,15,18H,5-7,9,11,13H2,1-4H3. The fourth-order valence-corrected chi connectivity index (χ4v) is 2.49. The van der Waals surface area contributed by atoms with Crippen LogP contribution in [0.1, 0.15) is 51.5 Å². The molecule has 0 radical (unpaired) electrons. The molecule has 20 heavy (non-hydrogen) atoms. The highest BCUT2D eigenvalue weighted by Crippen LogP contribution is 2.30. The van der Waals surface area contributed by atoms with Crippen LogP contribution in [0.25, 0.3) is 0 Å². The van der Waals surface area contributed by atoms with Crippen LogP contribution < -0.4 is 14.8 Å². The van der Waals surface area contributed by atoms with Gasteiger partial charge in [-0.15, -0.1) is 0 Å². The van der Waals surface area contributed by atoms with E-state index < -0.39 is 0 Å². The van der Waals surface area contributed by atoms with Gasteiger partial charge in [0.05, 0.1) is 14.2 Å². The van der Waals surface area contributed by atoms with E-state index in [0.29, 0.717) is 6.04 Å². The van der Waals surface area contributed by atoms with E-state index >= 15 is 0 Å². The molecule has 3 nitrogen and oxygen atoms in total. The van der Waals surface area contributed by atoms with Gasteiger partial charge in [-0.3, -0.25) is 0 Å². The predicted molar refractivity (Wildman–Crippen MR) is 84.6 cm³/mol. The molecule has 1 unspecified atom stereocenters. The maximum atomic E-state index is 5.48.